The molecule has 4 rings (SSSR count). The fourth-order valence-corrected chi connectivity index (χ4v) is 5.17. The third-order valence-corrected chi connectivity index (χ3v) is 7.51. The Morgan fingerprint density at radius 1 is 1.17 bits per heavy atom. The Kier molecular flexibility index (Phi) is 5.54. The van der Waals surface area contributed by atoms with E-state index in [4.69, 9.17) is 0 Å². The lowest BCUT2D eigenvalue weighted by molar-refractivity contribution is 0.477. The molecular formula is C18H16BrN5O3S2. The van der Waals surface area contributed by atoms with E-state index in [9.17, 15) is 13.5 Å². The Morgan fingerprint density at radius 2 is 2.00 bits per heavy atom. The molecule has 29 heavy (non-hydrogen) atoms. The van der Waals surface area contributed by atoms with E-state index in [2.05, 4.69) is 36.1 Å². The van der Waals surface area contributed by atoms with Crippen LogP contribution in [0.25, 0.3) is 16.9 Å². The molecule has 0 spiro atoms. The number of fused-ring (bicyclic) bond motifs is 1. The molecule has 3 N–H and O–H groups in total. The summed E-state index contributed by atoms with van der Waals surface area (Å²) in [6.07, 6.45) is 1.63. The van der Waals surface area contributed by atoms with E-state index in [0.29, 0.717) is 33.7 Å². The first-order valence-electron chi connectivity index (χ1n) is 8.55. The highest BCUT2D eigenvalue weighted by molar-refractivity contribution is 9.10. The molecule has 150 valence electrons. The van der Waals surface area contributed by atoms with Gasteiger partial charge in [0.05, 0.1) is 16.4 Å². The smallest absolute Gasteiger partial charge is 0.250 e. The second-order valence-corrected chi connectivity index (χ2v) is 9.82. The molecule has 1 aromatic carbocycles. The third kappa shape index (κ3) is 4.13. The molecule has 4 aromatic rings. The zero-order chi connectivity index (χ0) is 20.4. The van der Waals surface area contributed by atoms with E-state index >= 15 is 0 Å². The fraction of sp³-hybridized carbons (Fsp3) is 0.111. The van der Waals surface area contributed by atoms with E-state index in [1.807, 2.05) is 6.07 Å². The number of phenols is 1. The van der Waals surface area contributed by atoms with Gasteiger partial charge in [-0.25, -0.2) is 18.1 Å². The van der Waals surface area contributed by atoms with Gasteiger partial charge in [-0.2, -0.15) is 9.61 Å². The Balaban J connectivity index is 1.56. The van der Waals surface area contributed by atoms with Gasteiger partial charge in [-0.05, 0) is 39.5 Å². The molecule has 0 aliphatic heterocycles. The predicted molar refractivity (Wildman–Crippen MR) is 116 cm³/mol. The summed E-state index contributed by atoms with van der Waals surface area (Å²) in [5, 5.41) is 19.4. The molecule has 3 heterocycles. The van der Waals surface area contributed by atoms with Crippen molar-refractivity contribution >= 4 is 48.8 Å². The summed E-state index contributed by atoms with van der Waals surface area (Å²) in [5.74, 6) is 0.740. The standard InChI is InChI=1S/C18H16BrN5O3S2/c19-13-11-21-24-16(20-7-8-22-29(26,27)17-6-3-9-28-17)10-14(23-18(13)24)12-4-1-2-5-15(12)25/h1-6,9-11,20,22,25H,7-8H2. The highest BCUT2D eigenvalue weighted by Gasteiger charge is 2.15. The molecule has 0 unspecified atom stereocenters. The van der Waals surface area contributed by atoms with Crippen molar-refractivity contribution in [2.75, 3.05) is 18.4 Å². The molecular weight excluding hydrogens is 478 g/mol. The van der Waals surface area contributed by atoms with E-state index in [1.54, 1.807) is 52.5 Å². The number of para-hydroxylation sites is 1. The first kappa shape index (κ1) is 19.8. The summed E-state index contributed by atoms with van der Waals surface area (Å²) in [7, 11) is -3.51. The average molecular weight is 494 g/mol. The molecule has 0 aliphatic carbocycles. The number of aromatic nitrogens is 3. The van der Waals surface area contributed by atoms with Crippen molar-refractivity contribution in [3.63, 3.8) is 0 Å². The van der Waals surface area contributed by atoms with Crippen molar-refractivity contribution in [3.8, 4) is 17.0 Å². The van der Waals surface area contributed by atoms with Crippen LogP contribution in [0, 0.1) is 0 Å². The third-order valence-electron chi connectivity index (χ3n) is 4.09. The number of hydrogen-bond donors (Lipinski definition) is 3. The van der Waals surface area contributed by atoms with Crippen LogP contribution in [0.4, 0.5) is 5.82 Å². The molecule has 0 bridgehead atoms. The van der Waals surface area contributed by atoms with E-state index in [0.717, 1.165) is 0 Å². The van der Waals surface area contributed by atoms with Crippen LogP contribution in [0.2, 0.25) is 0 Å². The van der Waals surface area contributed by atoms with Gasteiger partial charge < -0.3 is 10.4 Å². The molecule has 0 saturated carbocycles. The summed E-state index contributed by atoms with van der Waals surface area (Å²) in [6.45, 7) is 0.528. The van der Waals surface area contributed by atoms with Crippen molar-refractivity contribution in [2.24, 2.45) is 0 Å². The number of benzene rings is 1. The molecule has 0 aliphatic rings. The first-order chi connectivity index (χ1) is 14.0. The number of sulfonamides is 1. The Morgan fingerprint density at radius 3 is 2.76 bits per heavy atom. The van der Waals surface area contributed by atoms with Crippen LogP contribution in [0.5, 0.6) is 5.75 Å². The number of thiophene rings is 1. The molecule has 3 aromatic heterocycles. The summed E-state index contributed by atoms with van der Waals surface area (Å²) in [6, 6.07) is 11.9. The highest BCUT2D eigenvalue weighted by Crippen LogP contribution is 2.30. The van der Waals surface area contributed by atoms with Gasteiger partial charge >= 0.3 is 0 Å². The van der Waals surface area contributed by atoms with Gasteiger partial charge in [0.15, 0.2) is 5.65 Å². The molecule has 0 saturated heterocycles. The number of phenolic OH excluding ortho intramolecular Hbond substituents is 1. The average Bonchev–Trinajstić information content (AvgIpc) is 3.37. The van der Waals surface area contributed by atoms with Crippen LogP contribution in [-0.4, -0.2) is 41.2 Å². The lowest BCUT2D eigenvalue weighted by Gasteiger charge is -2.12. The lowest BCUT2D eigenvalue weighted by atomic mass is 10.1. The molecule has 8 nitrogen and oxygen atoms in total. The Labute approximate surface area is 179 Å². The van der Waals surface area contributed by atoms with Crippen LogP contribution >= 0.6 is 27.3 Å². The number of rotatable bonds is 7. The minimum absolute atomic E-state index is 0.120. The van der Waals surface area contributed by atoms with Crippen molar-refractivity contribution in [3.05, 3.63) is 58.5 Å². The number of nitrogens with zero attached hydrogens (tertiary/aromatic N) is 3. The van der Waals surface area contributed by atoms with Gasteiger partial charge in [-0.3, -0.25) is 0 Å². The van der Waals surface area contributed by atoms with Crippen LogP contribution < -0.4 is 10.0 Å². The van der Waals surface area contributed by atoms with Gasteiger partial charge in [0, 0.05) is 24.7 Å². The zero-order valence-corrected chi connectivity index (χ0v) is 18.1. The van der Waals surface area contributed by atoms with Crippen molar-refractivity contribution in [1.29, 1.82) is 0 Å². The quantitative estimate of drug-likeness (QED) is 0.340. The maximum absolute atomic E-state index is 12.2. The molecule has 0 radical (unpaired) electrons. The molecule has 0 fully saturated rings. The number of nitrogens with one attached hydrogen (secondary N) is 2. The minimum atomic E-state index is -3.51. The van der Waals surface area contributed by atoms with Crippen molar-refractivity contribution < 1.29 is 13.5 Å². The minimum Gasteiger partial charge on any atom is -0.507 e. The number of anilines is 1. The van der Waals surface area contributed by atoms with Gasteiger partial charge in [-0.1, -0.05) is 18.2 Å². The molecule has 0 amide bonds. The second-order valence-electron chi connectivity index (χ2n) is 6.03. The summed E-state index contributed by atoms with van der Waals surface area (Å²) >= 11 is 4.60. The van der Waals surface area contributed by atoms with Crippen LogP contribution in [0.3, 0.4) is 0 Å². The molecule has 0 atom stereocenters. The Bertz CT molecular complexity index is 1260. The fourth-order valence-electron chi connectivity index (χ4n) is 2.75. The van der Waals surface area contributed by atoms with Crippen LogP contribution in [0.15, 0.2) is 62.7 Å². The van der Waals surface area contributed by atoms with Gasteiger partial charge in [-0.15, -0.1) is 11.3 Å². The lowest BCUT2D eigenvalue weighted by Crippen LogP contribution is -2.28. The van der Waals surface area contributed by atoms with E-state index in [-0.39, 0.29) is 16.5 Å². The maximum Gasteiger partial charge on any atom is 0.250 e. The van der Waals surface area contributed by atoms with Gasteiger partial charge in [0.1, 0.15) is 15.8 Å². The normalized spacial score (nSPS) is 11.8. The van der Waals surface area contributed by atoms with E-state index in [1.165, 1.54) is 11.3 Å². The highest BCUT2D eigenvalue weighted by atomic mass is 79.9. The van der Waals surface area contributed by atoms with Crippen molar-refractivity contribution in [2.45, 2.75) is 4.21 Å². The topological polar surface area (TPSA) is 109 Å². The monoisotopic (exact) mass is 493 g/mol. The predicted octanol–water partition coefficient (Wildman–Crippen LogP) is 3.32. The summed E-state index contributed by atoms with van der Waals surface area (Å²) in [5.41, 5.74) is 1.73. The summed E-state index contributed by atoms with van der Waals surface area (Å²) in [4.78, 5) is 4.57. The number of aromatic hydroxyl groups is 1. The van der Waals surface area contributed by atoms with E-state index < -0.39 is 10.0 Å². The maximum atomic E-state index is 12.2. The number of halogens is 1. The number of hydrogen-bond acceptors (Lipinski definition) is 7. The Hall–Kier alpha value is -2.47. The van der Waals surface area contributed by atoms with Gasteiger partial charge in [0.25, 0.3) is 0 Å². The summed E-state index contributed by atoms with van der Waals surface area (Å²) < 4.78 is 29.6. The van der Waals surface area contributed by atoms with Gasteiger partial charge in [0.2, 0.25) is 10.0 Å². The largest absolute Gasteiger partial charge is 0.507 e. The SMILES string of the molecule is O=S(=O)(NCCNc1cc(-c2ccccc2O)nc2c(Br)cnn12)c1cccs1. The van der Waals surface area contributed by atoms with Crippen LogP contribution in [-0.2, 0) is 10.0 Å². The van der Waals surface area contributed by atoms with Crippen molar-refractivity contribution in [1.82, 2.24) is 19.3 Å². The first-order valence-corrected chi connectivity index (χ1v) is 11.7. The van der Waals surface area contributed by atoms with Crippen LogP contribution in [0.1, 0.15) is 0 Å². The molecule has 11 heteroatoms. The second kappa shape index (κ2) is 8.11. The zero-order valence-electron chi connectivity index (χ0n) is 14.9.